The van der Waals surface area contributed by atoms with E-state index in [1.807, 2.05) is 12.1 Å². The van der Waals surface area contributed by atoms with E-state index in [1.54, 1.807) is 0 Å². The van der Waals surface area contributed by atoms with Gasteiger partial charge in [-0.25, -0.2) is 0 Å². The Labute approximate surface area is 402 Å². The number of benzene rings is 13. The zero-order valence-corrected chi connectivity index (χ0v) is 37.8. The third-order valence-electron chi connectivity index (χ3n) is 14.5. The molecule has 0 fully saturated rings. The average molecular weight is 893 g/mol. The zero-order chi connectivity index (χ0) is 45.9. The molecular formula is C66H40N2O2. The summed E-state index contributed by atoms with van der Waals surface area (Å²) in [7, 11) is 0. The van der Waals surface area contributed by atoms with Gasteiger partial charge in [-0.2, -0.15) is 0 Å². The summed E-state index contributed by atoms with van der Waals surface area (Å²) in [5, 5.41) is 18.8. The van der Waals surface area contributed by atoms with Crippen molar-refractivity contribution >= 4 is 143 Å². The van der Waals surface area contributed by atoms with Crippen LogP contribution in [0.1, 0.15) is 0 Å². The summed E-state index contributed by atoms with van der Waals surface area (Å²) in [5.41, 5.74) is 9.70. The molecule has 15 rings (SSSR count). The maximum Gasteiger partial charge on any atom is 0.159 e. The monoisotopic (exact) mass is 892 g/mol. The minimum Gasteiger partial charge on any atom is -0.454 e. The first kappa shape index (κ1) is 38.7. The molecular weight excluding hydrogens is 853 g/mol. The Morgan fingerprint density at radius 1 is 0.229 bits per heavy atom. The summed E-state index contributed by atoms with van der Waals surface area (Å²) >= 11 is 0. The van der Waals surface area contributed by atoms with Crippen LogP contribution in [0.2, 0.25) is 0 Å². The van der Waals surface area contributed by atoms with Crippen LogP contribution in [0.15, 0.2) is 251 Å². The fourth-order valence-corrected chi connectivity index (χ4v) is 11.3. The van der Waals surface area contributed by atoms with Gasteiger partial charge in [-0.15, -0.1) is 0 Å². The molecule has 13 aromatic carbocycles. The van der Waals surface area contributed by atoms with Crippen LogP contribution in [0, 0.1) is 0 Å². The number of hydrogen-bond acceptors (Lipinski definition) is 4. The molecule has 0 saturated carbocycles. The Morgan fingerprint density at radius 2 is 0.614 bits per heavy atom. The van der Waals surface area contributed by atoms with Gasteiger partial charge in [-0.3, -0.25) is 0 Å². The van der Waals surface area contributed by atoms with Gasteiger partial charge in [0.2, 0.25) is 0 Å². The van der Waals surface area contributed by atoms with Crippen molar-refractivity contribution in [1.82, 2.24) is 0 Å². The summed E-state index contributed by atoms with van der Waals surface area (Å²) < 4.78 is 13.4. The van der Waals surface area contributed by atoms with Gasteiger partial charge in [0, 0.05) is 44.3 Å². The molecule has 0 atom stereocenters. The Bertz CT molecular complexity index is 4610. The van der Waals surface area contributed by atoms with Crippen molar-refractivity contribution in [3.8, 4) is 0 Å². The fourth-order valence-electron chi connectivity index (χ4n) is 11.3. The van der Waals surface area contributed by atoms with E-state index in [1.165, 1.54) is 59.2 Å². The molecule has 15 aromatic rings. The second kappa shape index (κ2) is 15.1. The average Bonchev–Trinajstić information content (AvgIpc) is 4.00. The largest absolute Gasteiger partial charge is 0.454 e. The number of rotatable bonds is 6. The molecule has 0 bridgehead atoms. The first-order chi connectivity index (χ1) is 34.7. The molecule has 326 valence electrons. The third-order valence-corrected chi connectivity index (χ3v) is 14.5. The minimum absolute atomic E-state index is 0.861. The van der Waals surface area contributed by atoms with Crippen molar-refractivity contribution in [2.75, 3.05) is 9.80 Å². The highest BCUT2D eigenvalue weighted by atomic mass is 16.3. The molecule has 0 amide bonds. The van der Waals surface area contributed by atoms with E-state index < -0.39 is 0 Å². The van der Waals surface area contributed by atoms with Gasteiger partial charge in [-0.1, -0.05) is 170 Å². The number of fused-ring (bicyclic) bond motifs is 16. The standard InChI is InChI=1S/C66H40N2O2/c1-3-15-43-37-46(30-27-41(43)13-1)67(60-23-11-21-57-53-18-7-9-25-62(53)69-65(57)60)48-32-35-50-45(39-48)29-34-56-52-36-33-49(40-59(52)51-17-5-6-20-55(51)64(50)56)68(47-31-28-42-14-2-4-16-44(42)38-47)61-24-12-22-58-54-19-8-10-26-63(54)70-66(58)61/h1-40H. The van der Waals surface area contributed by atoms with Crippen LogP contribution in [-0.4, -0.2) is 0 Å². The maximum atomic E-state index is 6.72. The molecule has 2 heterocycles. The SMILES string of the molecule is c1ccc2cc(N(c3ccc4c(ccc5c6ccc(N(c7ccc8ccccc8c7)c7cccc8c7oc7ccccc78)cc6c6ccccc6c45)c3)c3cccc4c3oc3ccccc34)ccc2c1. The maximum absolute atomic E-state index is 6.72. The second-order valence-corrected chi connectivity index (χ2v) is 18.4. The Hall–Kier alpha value is -9.38. The lowest BCUT2D eigenvalue weighted by molar-refractivity contribution is 0.668. The van der Waals surface area contributed by atoms with E-state index in [-0.39, 0.29) is 0 Å². The molecule has 4 heteroatoms. The van der Waals surface area contributed by atoms with Crippen molar-refractivity contribution in [1.29, 1.82) is 0 Å². The van der Waals surface area contributed by atoms with Crippen LogP contribution in [0.3, 0.4) is 0 Å². The normalized spacial score (nSPS) is 12.0. The Morgan fingerprint density at radius 3 is 1.20 bits per heavy atom. The number of furan rings is 2. The lowest BCUT2D eigenvalue weighted by atomic mass is 9.90. The predicted octanol–water partition coefficient (Wildman–Crippen LogP) is 19.3. The van der Waals surface area contributed by atoms with E-state index in [9.17, 15) is 0 Å². The van der Waals surface area contributed by atoms with Crippen molar-refractivity contribution < 1.29 is 8.83 Å². The van der Waals surface area contributed by atoms with Crippen molar-refractivity contribution in [2.45, 2.75) is 0 Å². The third kappa shape index (κ3) is 5.84. The predicted molar refractivity (Wildman–Crippen MR) is 295 cm³/mol. The summed E-state index contributed by atoms with van der Waals surface area (Å²) in [6.45, 7) is 0. The van der Waals surface area contributed by atoms with Gasteiger partial charge in [0.25, 0.3) is 0 Å². The van der Waals surface area contributed by atoms with Crippen molar-refractivity contribution in [2.24, 2.45) is 0 Å². The molecule has 0 unspecified atom stereocenters. The Kier molecular flexibility index (Phi) is 8.33. The summed E-state index contributed by atoms with van der Waals surface area (Å²) in [6, 6.07) is 87.7. The van der Waals surface area contributed by atoms with E-state index in [0.29, 0.717) is 0 Å². The summed E-state index contributed by atoms with van der Waals surface area (Å²) in [4.78, 5) is 4.72. The Balaban J connectivity index is 0.935. The van der Waals surface area contributed by atoms with Crippen LogP contribution in [0.25, 0.3) is 109 Å². The molecule has 0 N–H and O–H groups in total. The number of para-hydroxylation sites is 4. The molecule has 0 aliphatic heterocycles. The molecule has 0 saturated heterocycles. The molecule has 4 nitrogen and oxygen atoms in total. The van der Waals surface area contributed by atoms with E-state index in [0.717, 1.165) is 83.4 Å². The topological polar surface area (TPSA) is 32.8 Å². The smallest absolute Gasteiger partial charge is 0.159 e. The van der Waals surface area contributed by atoms with Gasteiger partial charge in [0.15, 0.2) is 11.2 Å². The van der Waals surface area contributed by atoms with Crippen molar-refractivity contribution in [3.05, 3.63) is 243 Å². The molecule has 0 aliphatic carbocycles. The first-order valence-corrected chi connectivity index (χ1v) is 23.9. The lowest BCUT2D eigenvalue weighted by Crippen LogP contribution is -2.10. The van der Waals surface area contributed by atoms with E-state index in [4.69, 9.17) is 8.83 Å². The van der Waals surface area contributed by atoms with Crippen LogP contribution in [-0.2, 0) is 0 Å². The van der Waals surface area contributed by atoms with Crippen molar-refractivity contribution in [3.63, 3.8) is 0 Å². The van der Waals surface area contributed by atoms with Gasteiger partial charge in [-0.05, 0) is 137 Å². The first-order valence-electron chi connectivity index (χ1n) is 23.9. The van der Waals surface area contributed by atoms with Gasteiger partial charge < -0.3 is 18.6 Å². The number of nitrogens with zero attached hydrogens (tertiary/aromatic N) is 2. The number of anilines is 6. The van der Waals surface area contributed by atoms with Crippen LogP contribution >= 0.6 is 0 Å². The lowest BCUT2D eigenvalue weighted by Gasteiger charge is -2.27. The highest BCUT2D eigenvalue weighted by Gasteiger charge is 2.23. The number of hydrogen-bond donors (Lipinski definition) is 0. The molecule has 2 aromatic heterocycles. The van der Waals surface area contributed by atoms with Gasteiger partial charge in [0.05, 0.1) is 11.4 Å². The molecule has 0 aliphatic rings. The van der Waals surface area contributed by atoms with Gasteiger partial charge in [0.1, 0.15) is 11.2 Å². The molecule has 0 radical (unpaired) electrons. The highest BCUT2D eigenvalue weighted by Crippen LogP contribution is 2.48. The molecule has 70 heavy (non-hydrogen) atoms. The minimum atomic E-state index is 0.861. The van der Waals surface area contributed by atoms with Crippen LogP contribution in [0.5, 0.6) is 0 Å². The summed E-state index contributed by atoms with van der Waals surface area (Å²) in [6.07, 6.45) is 0. The van der Waals surface area contributed by atoms with Crippen LogP contribution < -0.4 is 9.80 Å². The summed E-state index contributed by atoms with van der Waals surface area (Å²) in [5.74, 6) is 0. The molecule has 0 spiro atoms. The fraction of sp³-hybridized carbons (Fsp3) is 0. The zero-order valence-electron chi connectivity index (χ0n) is 37.8. The quantitative estimate of drug-likeness (QED) is 0.156. The van der Waals surface area contributed by atoms with Crippen LogP contribution in [0.4, 0.5) is 34.1 Å². The van der Waals surface area contributed by atoms with E-state index >= 15 is 0 Å². The highest BCUT2D eigenvalue weighted by molar-refractivity contribution is 6.32. The second-order valence-electron chi connectivity index (χ2n) is 18.4. The van der Waals surface area contributed by atoms with E-state index in [2.05, 4.69) is 240 Å². The van der Waals surface area contributed by atoms with Gasteiger partial charge >= 0.3 is 0 Å².